The molecule has 1 aliphatic carbocycles. The van der Waals surface area contributed by atoms with Crippen molar-refractivity contribution in [3.8, 4) is 11.5 Å². The number of oxazole rings is 1. The molecule has 6 nitrogen and oxygen atoms in total. The lowest BCUT2D eigenvalue weighted by Gasteiger charge is -2.26. The monoisotopic (exact) mass is 481 g/mol. The number of carboxylic acid groups (broad SMARTS) is 1. The second-order valence-corrected chi connectivity index (χ2v) is 9.40. The summed E-state index contributed by atoms with van der Waals surface area (Å²) in [4.78, 5) is 16.7. The number of halogens is 1. The Kier molecular flexibility index (Phi) is 7.73. The van der Waals surface area contributed by atoms with Gasteiger partial charge in [-0.2, -0.15) is 0 Å². The summed E-state index contributed by atoms with van der Waals surface area (Å²) in [5.74, 6) is 1.65. The summed E-state index contributed by atoms with van der Waals surface area (Å²) in [5.41, 5.74) is 0.229. The van der Waals surface area contributed by atoms with Gasteiger partial charge in [-0.3, -0.25) is 0 Å². The lowest BCUT2D eigenvalue weighted by atomic mass is 9.89. The Morgan fingerprint density at radius 2 is 1.74 bits per heavy atom. The van der Waals surface area contributed by atoms with E-state index in [0.29, 0.717) is 30.4 Å². The van der Waals surface area contributed by atoms with E-state index >= 15 is 0 Å². The SMILES string of the molecule is Cc1oc(C2CCCCC2)nc1CCOc1ccc(CC(C)(Oc2ccc(F)cc2)C(=O)O)cc1. The van der Waals surface area contributed by atoms with E-state index in [1.165, 1.54) is 50.5 Å². The fourth-order valence-electron chi connectivity index (χ4n) is 4.48. The molecule has 2 aromatic carbocycles. The van der Waals surface area contributed by atoms with Gasteiger partial charge in [0.15, 0.2) is 5.89 Å². The minimum atomic E-state index is -1.50. The van der Waals surface area contributed by atoms with E-state index in [-0.39, 0.29) is 6.42 Å². The standard InChI is InChI=1S/C28H32FNO5/c1-19-25(30-26(34-19)21-6-4-3-5-7-21)16-17-33-23-12-8-20(9-13-23)18-28(2,27(31)32)35-24-14-10-22(29)11-15-24/h8-15,21H,3-7,16-18H2,1-2H3,(H,31,32). The molecule has 1 aliphatic rings. The summed E-state index contributed by atoms with van der Waals surface area (Å²) in [6.07, 6.45) is 6.88. The minimum Gasteiger partial charge on any atom is -0.493 e. The average Bonchev–Trinajstić information content (AvgIpc) is 3.22. The first-order valence-corrected chi connectivity index (χ1v) is 12.2. The van der Waals surface area contributed by atoms with Crippen molar-refractivity contribution in [2.45, 2.75) is 70.3 Å². The van der Waals surface area contributed by atoms with Gasteiger partial charge in [0.1, 0.15) is 23.1 Å². The van der Waals surface area contributed by atoms with Crippen LogP contribution >= 0.6 is 0 Å². The van der Waals surface area contributed by atoms with E-state index in [1.54, 1.807) is 0 Å². The summed E-state index contributed by atoms with van der Waals surface area (Å²) in [6.45, 7) is 3.93. The van der Waals surface area contributed by atoms with Crippen LogP contribution in [0.5, 0.6) is 11.5 Å². The predicted octanol–water partition coefficient (Wildman–Crippen LogP) is 6.26. The zero-order valence-corrected chi connectivity index (χ0v) is 20.3. The number of carboxylic acids is 1. The smallest absolute Gasteiger partial charge is 0.348 e. The molecular weight excluding hydrogens is 449 g/mol. The van der Waals surface area contributed by atoms with Gasteiger partial charge in [0.25, 0.3) is 0 Å². The first-order chi connectivity index (χ1) is 16.8. The van der Waals surface area contributed by atoms with Crippen LogP contribution in [-0.4, -0.2) is 28.3 Å². The Bertz CT molecular complexity index is 1120. The van der Waals surface area contributed by atoms with Gasteiger partial charge >= 0.3 is 5.97 Å². The van der Waals surface area contributed by atoms with Crippen molar-refractivity contribution >= 4 is 5.97 Å². The summed E-state index contributed by atoms with van der Waals surface area (Å²) in [6, 6.07) is 12.6. The van der Waals surface area contributed by atoms with Crippen LogP contribution < -0.4 is 9.47 Å². The lowest BCUT2D eigenvalue weighted by Crippen LogP contribution is -2.43. The second kappa shape index (κ2) is 10.9. The van der Waals surface area contributed by atoms with Gasteiger partial charge in [-0.05, 0) is 68.7 Å². The minimum absolute atomic E-state index is 0.141. The molecule has 1 aromatic heterocycles. The van der Waals surface area contributed by atoms with Crippen molar-refractivity contribution in [3.63, 3.8) is 0 Å². The first kappa shape index (κ1) is 24.8. The Labute approximate surface area is 205 Å². The van der Waals surface area contributed by atoms with Gasteiger partial charge in [-0.25, -0.2) is 14.2 Å². The summed E-state index contributed by atoms with van der Waals surface area (Å²) < 4.78 is 30.7. The molecule has 1 saturated carbocycles. The number of nitrogens with zero attached hydrogens (tertiary/aromatic N) is 1. The van der Waals surface area contributed by atoms with Gasteiger partial charge in [-0.1, -0.05) is 31.4 Å². The molecule has 35 heavy (non-hydrogen) atoms. The van der Waals surface area contributed by atoms with E-state index in [0.717, 1.165) is 35.7 Å². The van der Waals surface area contributed by atoms with Crippen LogP contribution in [-0.2, 0) is 17.6 Å². The molecule has 1 heterocycles. The molecule has 186 valence electrons. The number of rotatable bonds is 10. The molecule has 1 fully saturated rings. The van der Waals surface area contributed by atoms with Gasteiger partial charge < -0.3 is 19.0 Å². The van der Waals surface area contributed by atoms with Crippen molar-refractivity contribution in [2.24, 2.45) is 0 Å². The topological polar surface area (TPSA) is 81.8 Å². The molecule has 0 amide bonds. The van der Waals surface area contributed by atoms with Crippen LogP contribution in [0.1, 0.15) is 67.9 Å². The molecule has 0 saturated heterocycles. The zero-order valence-electron chi connectivity index (χ0n) is 20.3. The molecule has 1 unspecified atom stereocenters. The van der Waals surface area contributed by atoms with Crippen LogP contribution in [0.4, 0.5) is 4.39 Å². The maximum Gasteiger partial charge on any atom is 0.348 e. The van der Waals surface area contributed by atoms with Crippen molar-refractivity contribution in [1.29, 1.82) is 0 Å². The van der Waals surface area contributed by atoms with E-state index in [2.05, 4.69) is 0 Å². The Balaban J connectivity index is 1.31. The first-order valence-electron chi connectivity index (χ1n) is 12.2. The fourth-order valence-corrected chi connectivity index (χ4v) is 4.48. The van der Waals surface area contributed by atoms with E-state index < -0.39 is 17.4 Å². The molecular formula is C28H32FNO5. The Morgan fingerprint density at radius 3 is 2.40 bits per heavy atom. The number of hydrogen-bond acceptors (Lipinski definition) is 5. The largest absolute Gasteiger partial charge is 0.493 e. The normalized spacial score (nSPS) is 16.0. The number of carbonyl (C=O) groups is 1. The van der Waals surface area contributed by atoms with E-state index in [9.17, 15) is 14.3 Å². The summed E-state index contributed by atoms with van der Waals surface area (Å²) in [5, 5.41) is 9.76. The summed E-state index contributed by atoms with van der Waals surface area (Å²) >= 11 is 0. The molecule has 3 aromatic rings. The predicted molar refractivity (Wildman–Crippen MR) is 129 cm³/mol. The maximum atomic E-state index is 13.2. The van der Waals surface area contributed by atoms with Crippen molar-refractivity contribution in [3.05, 3.63) is 77.3 Å². The molecule has 1 atom stereocenters. The number of aromatic nitrogens is 1. The van der Waals surface area contributed by atoms with Crippen LogP contribution in [0.3, 0.4) is 0 Å². The van der Waals surface area contributed by atoms with Crippen LogP contribution in [0.15, 0.2) is 52.9 Å². The molecule has 0 radical (unpaired) electrons. The molecule has 0 spiro atoms. The highest BCUT2D eigenvalue weighted by atomic mass is 19.1. The van der Waals surface area contributed by atoms with Gasteiger partial charge in [0, 0.05) is 18.8 Å². The van der Waals surface area contributed by atoms with Crippen molar-refractivity contribution in [1.82, 2.24) is 4.98 Å². The van der Waals surface area contributed by atoms with Crippen molar-refractivity contribution in [2.75, 3.05) is 6.61 Å². The van der Waals surface area contributed by atoms with Gasteiger partial charge in [-0.15, -0.1) is 0 Å². The number of aliphatic carboxylic acids is 1. The quantitative estimate of drug-likeness (QED) is 0.368. The lowest BCUT2D eigenvalue weighted by molar-refractivity contribution is -0.153. The van der Waals surface area contributed by atoms with Gasteiger partial charge in [0.05, 0.1) is 12.3 Å². The molecule has 1 N–H and O–H groups in total. The molecule has 4 rings (SSSR count). The highest BCUT2D eigenvalue weighted by Crippen LogP contribution is 2.33. The Hall–Kier alpha value is -3.35. The highest BCUT2D eigenvalue weighted by molar-refractivity contribution is 5.78. The van der Waals surface area contributed by atoms with Crippen LogP contribution in [0, 0.1) is 12.7 Å². The van der Waals surface area contributed by atoms with Crippen molar-refractivity contribution < 1.29 is 28.2 Å². The zero-order chi connectivity index (χ0) is 24.8. The number of benzene rings is 2. The third-order valence-electron chi connectivity index (χ3n) is 6.55. The fraction of sp³-hybridized carbons (Fsp3) is 0.429. The number of aryl methyl sites for hydroxylation is 1. The summed E-state index contributed by atoms with van der Waals surface area (Å²) in [7, 11) is 0. The van der Waals surface area contributed by atoms with E-state index in [4.69, 9.17) is 18.9 Å². The third-order valence-corrected chi connectivity index (χ3v) is 6.55. The third kappa shape index (κ3) is 6.41. The van der Waals surface area contributed by atoms with Crippen LogP contribution in [0.2, 0.25) is 0 Å². The van der Waals surface area contributed by atoms with Crippen LogP contribution in [0.25, 0.3) is 0 Å². The van der Waals surface area contributed by atoms with Gasteiger partial charge in [0.2, 0.25) is 5.60 Å². The Morgan fingerprint density at radius 1 is 1.09 bits per heavy atom. The van der Waals surface area contributed by atoms with E-state index in [1.807, 2.05) is 31.2 Å². The molecule has 7 heteroatoms. The average molecular weight is 482 g/mol. The number of hydrogen-bond donors (Lipinski definition) is 1. The second-order valence-electron chi connectivity index (χ2n) is 9.40. The number of ether oxygens (including phenoxy) is 2. The molecule has 0 bridgehead atoms. The maximum absolute atomic E-state index is 13.2. The molecule has 0 aliphatic heterocycles. The highest BCUT2D eigenvalue weighted by Gasteiger charge is 2.36.